The van der Waals surface area contributed by atoms with Crippen molar-refractivity contribution in [2.24, 2.45) is 0 Å². The lowest BCUT2D eigenvalue weighted by Gasteiger charge is -2.34. The van der Waals surface area contributed by atoms with E-state index in [1.54, 1.807) is 0 Å². The molecule has 1 aliphatic carbocycles. The monoisotopic (exact) mass is 360 g/mol. The van der Waals surface area contributed by atoms with Crippen molar-refractivity contribution >= 4 is 0 Å². The summed E-state index contributed by atoms with van der Waals surface area (Å²) in [7, 11) is 0. The van der Waals surface area contributed by atoms with Crippen molar-refractivity contribution in [1.82, 2.24) is 0 Å². The minimum absolute atomic E-state index is 0.274. The molecular weight excluding hydrogens is 336 g/mol. The topological polar surface area (TPSA) is 0 Å². The molecule has 0 saturated carbocycles. The van der Waals surface area contributed by atoms with E-state index in [0.717, 1.165) is 0 Å². The lowest BCUT2D eigenvalue weighted by atomic mass is 9.67. The van der Waals surface area contributed by atoms with Crippen molar-refractivity contribution in [3.8, 4) is 11.1 Å². The van der Waals surface area contributed by atoms with Crippen molar-refractivity contribution < 1.29 is 0 Å². The van der Waals surface area contributed by atoms with Gasteiger partial charge in [-0.2, -0.15) is 0 Å². The molecule has 0 spiro atoms. The quantitative estimate of drug-likeness (QED) is 0.320. The van der Waals surface area contributed by atoms with E-state index in [9.17, 15) is 0 Å². The van der Waals surface area contributed by atoms with E-state index in [-0.39, 0.29) is 5.41 Å². The molecule has 0 atom stereocenters. The molecule has 0 unspecified atom stereocenters. The Morgan fingerprint density at radius 3 is 1.68 bits per heavy atom. The Morgan fingerprint density at radius 1 is 0.536 bits per heavy atom. The largest absolute Gasteiger partial charge is 0.0713 e. The first-order valence-corrected chi connectivity index (χ1v) is 10.1. The standard InChI is InChI=1S/C28H24/c1-20(2)21-17-18-27-25(19-21)24-15-9-10-16-26(24)28(27,22-11-5-3-6-12-22)23-13-7-4-8-14-23/h3-20H,1-2H3. The van der Waals surface area contributed by atoms with Crippen LogP contribution in [0.2, 0.25) is 0 Å². The maximum Gasteiger partial charge on any atom is 0.0713 e. The van der Waals surface area contributed by atoms with Crippen molar-refractivity contribution in [2.75, 3.05) is 0 Å². The van der Waals surface area contributed by atoms with Crippen LogP contribution in [0.5, 0.6) is 0 Å². The smallest absolute Gasteiger partial charge is 0.0622 e. The zero-order valence-electron chi connectivity index (χ0n) is 16.4. The van der Waals surface area contributed by atoms with Crippen LogP contribution in [0.1, 0.15) is 47.6 Å². The molecule has 0 N–H and O–H groups in total. The summed E-state index contributed by atoms with van der Waals surface area (Å²) in [4.78, 5) is 0. The van der Waals surface area contributed by atoms with Crippen LogP contribution in [-0.4, -0.2) is 0 Å². The van der Waals surface area contributed by atoms with Gasteiger partial charge in [-0.1, -0.05) is 117 Å². The van der Waals surface area contributed by atoms with Gasteiger partial charge in [0, 0.05) is 0 Å². The van der Waals surface area contributed by atoms with Gasteiger partial charge in [0.25, 0.3) is 0 Å². The van der Waals surface area contributed by atoms with Gasteiger partial charge in [0.05, 0.1) is 5.41 Å². The molecule has 0 aromatic heterocycles. The van der Waals surface area contributed by atoms with E-state index >= 15 is 0 Å². The Kier molecular flexibility index (Phi) is 3.94. The average molecular weight is 361 g/mol. The molecule has 0 saturated heterocycles. The molecule has 4 aromatic rings. The van der Waals surface area contributed by atoms with Gasteiger partial charge < -0.3 is 0 Å². The molecular formula is C28H24. The molecule has 28 heavy (non-hydrogen) atoms. The fourth-order valence-corrected chi connectivity index (χ4v) is 4.83. The van der Waals surface area contributed by atoms with Gasteiger partial charge in [-0.25, -0.2) is 0 Å². The van der Waals surface area contributed by atoms with Crippen LogP contribution in [0.25, 0.3) is 11.1 Å². The van der Waals surface area contributed by atoms with E-state index in [2.05, 4.69) is 117 Å². The fraction of sp³-hybridized carbons (Fsp3) is 0.143. The van der Waals surface area contributed by atoms with Gasteiger partial charge in [-0.3, -0.25) is 0 Å². The van der Waals surface area contributed by atoms with E-state index in [1.807, 2.05) is 0 Å². The molecule has 0 radical (unpaired) electrons. The predicted octanol–water partition coefficient (Wildman–Crippen LogP) is 7.17. The molecule has 0 heteroatoms. The second-order valence-electron chi connectivity index (χ2n) is 7.99. The zero-order valence-corrected chi connectivity index (χ0v) is 16.4. The van der Waals surface area contributed by atoms with Crippen LogP contribution in [-0.2, 0) is 5.41 Å². The van der Waals surface area contributed by atoms with Crippen molar-refractivity contribution in [1.29, 1.82) is 0 Å². The summed E-state index contributed by atoms with van der Waals surface area (Å²) in [5.41, 5.74) is 9.25. The molecule has 136 valence electrons. The van der Waals surface area contributed by atoms with Crippen molar-refractivity contribution in [2.45, 2.75) is 25.2 Å². The summed E-state index contributed by atoms with van der Waals surface area (Å²) in [5, 5.41) is 0. The summed E-state index contributed by atoms with van der Waals surface area (Å²) >= 11 is 0. The fourth-order valence-electron chi connectivity index (χ4n) is 4.83. The van der Waals surface area contributed by atoms with Crippen LogP contribution in [0.15, 0.2) is 103 Å². The molecule has 1 aliphatic rings. The Morgan fingerprint density at radius 2 is 1.07 bits per heavy atom. The predicted molar refractivity (Wildman–Crippen MR) is 118 cm³/mol. The third kappa shape index (κ3) is 2.31. The van der Waals surface area contributed by atoms with Crippen molar-refractivity contribution in [3.05, 3.63) is 131 Å². The molecule has 4 aromatic carbocycles. The molecule has 0 nitrogen and oxygen atoms in total. The minimum atomic E-state index is -0.274. The molecule has 0 bridgehead atoms. The summed E-state index contributed by atoms with van der Waals surface area (Å²) < 4.78 is 0. The molecule has 0 heterocycles. The highest BCUT2D eigenvalue weighted by atomic mass is 14.5. The lowest BCUT2D eigenvalue weighted by Crippen LogP contribution is -2.28. The first-order chi connectivity index (χ1) is 13.7. The summed E-state index contributed by atoms with van der Waals surface area (Å²) in [6.07, 6.45) is 0. The van der Waals surface area contributed by atoms with E-state index < -0.39 is 0 Å². The molecule has 0 aliphatic heterocycles. The first kappa shape index (κ1) is 17.0. The molecule has 0 amide bonds. The van der Waals surface area contributed by atoms with Crippen molar-refractivity contribution in [3.63, 3.8) is 0 Å². The Labute approximate surface area is 167 Å². The molecule has 5 rings (SSSR count). The first-order valence-electron chi connectivity index (χ1n) is 10.1. The zero-order chi connectivity index (χ0) is 19.1. The Balaban J connectivity index is 1.94. The van der Waals surface area contributed by atoms with Gasteiger partial charge in [0.2, 0.25) is 0 Å². The Bertz CT molecular complexity index is 1080. The van der Waals surface area contributed by atoms with Crippen LogP contribution < -0.4 is 0 Å². The molecule has 0 fully saturated rings. The van der Waals surface area contributed by atoms with E-state index in [0.29, 0.717) is 5.92 Å². The van der Waals surface area contributed by atoms with Gasteiger partial charge in [-0.15, -0.1) is 0 Å². The third-order valence-corrected chi connectivity index (χ3v) is 6.15. The third-order valence-electron chi connectivity index (χ3n) is 6.15. The van der Waals surface area contributed by atoms with Gasteiger partial charge in [0.15, 0.2) is 0 Å². The second-order valence-corrected chi connectivity index (χ2v) is 7.99. The maximum atomic E-state index is 2.41. The Hall–Kier alpha value is -3.12. The highest BCUT2D eigenvalue weighted by Gasteiger charge is 2.45. The van der Waals surface area contributed by atoms with Crippen LogP contribution in [0, 0.1) is 0 Å². The number of rotatable bonds is 3. The minimum Gasteiger partial charge on any atom is -0.0622 e. The summed E-state index contributed by atoms with van der Waals surface area (Å²) in [6.45, 7) is 4.54. The number of hydrogen-bond donors (Lipinski definition) is 0. The number of benzene rings is 4. The van der Waals surface area contributed by atoms with Crippen LogP contribution in [0.3, 0.4) is 0 Å². The lowest BCUT2D eigenvalue weighted by molar-refractivity contribution is 0.766. The van der Waals surface area contributed by atoms with Gasteiger partial charge in [0.1, 0.15) is 0 Å². The summed E-state index contributed by atoms with van der Waals surface area (Å²) in [6, 6.07) is 37.9. The van der Waals surface area contributed by atoms with E-state index in [4.69, 9.17) is 0 Å². The van der Waals surface area contributed by atoms with Crippen LogP contribution >= 0.6 is 0 Å². The number of hydrogen-bond acceptors (Lipinski definition) is 0. The SMILES string of the molecule is CC(C)c1ccc2c(c1)-c1ccccc1C2(c1ccccc1)c1ccccc1. The maximum absolute atomic E-state index is 2.41. The van der Waals surface area contributed by atoms with Gasteiger partial charge in [-0.05, 0) is 44.9 Å². The normalized spacial score (nSPS) is 14.0. The van der Waals surface area contributed by atoms with Crippen LogP contribution in [0.4, 0.5) is 0 Å². The highest BCUT2D eigenvalue weighted by Crippen LogP contribution is 2.56. The highest BCUT2D eigenvalue weighted by molar-refractivity contribution is 5.86. The second kappa shape index (κ2) is 6.49. The average Bonchev–Trinajstić information content (AvgIpc) is 3.06. The van der Waals surface area contributed by atoms with E-state index in [1.165, 1.54) is 38.9 Å². The summed E-state index contributed by atoms with van der Waals surface area (Å²) in [5.74, 6) is 0.515. The van der Waals surface area contributed by atoms with Gasteiger partial charge >= 0.3 is 0 Å². The number of fused-ring (bicyclic) bond motifs is 3.